The van der Waals surface area contributed by atoms with E-state index in [2.05, 4.69) is 33.0 Å². The second-order valence-corrected chi connectivity index (χ2v) is 5.91. The minimum atomic E-state index is 1.01. The van der Waals surface area contributed by atoms with Crippen LogP contribution in [-0.2, 0) is 6.54 Å². The molecule has 0 bridgehead atoms. The van der Waals surface area contributed by atoms with E-state index in [0.717, 1.165) is 12.3 Å². The second kappa shape index (κ2) is 6.40. The van der Waals surface area contributed by atoms with Crippen LogP contribution in [0.25, 0.3) is 0 Å². The first-order valence-corrected chi connectivity index (χ1v) is 7.39. The van der Waals surface area contributed by atoms with E-state index in [1.165, 1.54) is 49.3 Å². The van der Waals surface area contributed by atoms with E-state index in [1.807, 2.05) is 0 Å². The lowest BCUT2D eigenvalue weighted by molar-refractivity contribution is -0.938. The first kappa shape index (κ1) is 14.4. The summed E-state index contributed by atoms with van der Waals surface area (Å²) in [6, 6.07) is 4.36. The molecule has 2 rings (SSSR count). The molecule has 1 fully saturated rings. The Morgan fingerprint density at radius 1 is 1.05 bits per heavy atom. The van der Waals surface area contributed by atoms with Crippen molar-refractivity contribution in [3.63, 3.8) is 0 Å². The molecule has 0 radical (unpaired) electrons. The third-order valence-electron chi connectivity index (χ3n) is 4.55. The third-order valence-corrected chi connectivity index (χ3v) is 4.55. The molecule has 0 spiro atoms. The van der Waals surface area contributed by atoms with E-state index >= 15 is 0 Å². The fourth-order valence-corrected chi connectivity index (χ4v) is 2.99. The van der Waals surface area contributed by atoms with Crippen LogP contribution >= 0.6 is 0 Å². The number of ether oxygens (including phenoxy) is 1. The highest BCUT2D eigenvalue weighted by Gasteiger charge is 2.19. The van der Waals surface area contributed by atoms with Gasteiger partial charge in [0.2, 0.25) is 0 Å². The molecule has 0 aliphatic carbocycles. The Kier molecular flexibility index (Phi) is 4.83. The predicted molar refractivity (Wildman–Crippen MR) is 78.1 cm³/mol. The van der Waals surface area contributed by atoms with Crippen LogP contribution < -0.4 is 14.5 Å². The number of likely N-dealkylation sites (N-methyl/N-ethyl adjacent to an activating group) is 1. The molecule has 2 unspecified atom stereocenters. The number of rotatable bonds is 3. The summed E-state index contributed by atoms with van der Waals surface area (Å²) in [5.41, 5.74) is 4.17. The first-order valence-electron chi connectivity index (χ1n) is 7.39. The molecular weight excluding hydrogens is 236 g/mol. The molecule has 0 aromatic heterocycles. The van der Waals surface area contributed by atoms with Crippen molar-refractivity contribution >= 4 is 0 Å². The molecule has 19 heavy (non-hydrogen) atoms. The lowest BCUT2D eigenvalue weighted by atomic mass is 10.0. The van der Waals surface area contributed by atoms with E-state index in [4.69, 9.17) is 4.74 Å². The zero-order chi connectivity index (χ0) is 13.8. The van der Waals surface area contributed by atoms with Gasteiger partial charge in [0.25, 0.3) is 0 Å². The highest BCUT2D eigenvalue weighted by molar-refractivity contribution is 5.43. The maximum absolute atomic E-state index is 5.39. The van der Waals surface area contributed by atoms with Crippen molar-refractivity contribution in [2.45, 2.75) is 26.8 Å². The lowest BCUT2D eigenvalue weighted by Gasteiger charge is -2.19. The molecule has 0 amide bonds. The Labute approximate surface area is 117 Å². The molecule has 2 N–H and O–H groups in total. The smallest absolute Gasteiger partial charge is 0.127 e. The number of nitrogens with one attached hydrogen (secondary N) is 2. The van der Waals surface area contributed by atoms with Gasteiger partial charge >= 0.3 is 0 Å². The molecular formula is C16H28N2O+2. The molecule has 3 nitrogen and oxygen atoms in total. The highest BCUT2D eigenvalue weighted by atomic mass is 16.5. The molecule has 1 aromatic carbocycles. The summed E-state index contributed by atoms with van der Waals surface area (Å²) in [5.74, 6) is 1.01. The summed E-state index contributed by atoms with van der Waals surface area (Å²) in [6.45, 7) is 10.8. The molecule has 0 saturated carbocycles. The van der Waals surface area contributed by atoms with Gasteiger partial charge in [0, 0.05) is 12.0 Å². The Morgan fingerprint density at radius 2 is 1.84 bits per heavy atom. The standard InChI is InChI=1S/C16H26N2O/c1-13-14(2)16(19-4)7-6-15(13)12-18-9-5-8-17(3)10-11-18/h6-7H,5,8-12H2,1-4H3/p+2. The largest absolute Gasteiger partial charge is 0.496 e. The van der Waals surface area contributed by atoms with Gasteiger partial charge in [-0.25, -0.2) is 0 Å². The molecule has 3 heteroatoms. The SMILES string of the molecule is COc1ccc(C[NH+]2CCC[NH+](C)CC2)c(C)c1C. The van der Waals surface area contributed by atoms with Gasteiger partial charge in [-0.05, 0) is 37.1 Å². The van der Waals surface area contributed by atoms with Crippen molar-refractivity contribution < 1.29 is 14.5 Å². The van der Waals surface area contributed by atoms with Crippen LogP contribution in [0.1, 0.15) is 23.1 Å². The molecule has 1 aliphatic rings. The Hall–Kier alpha value is -1.06. The summed E-state index contributed by atoms with van der Waals surface area (Å²) in [6.07, 6.45) is 1.34. The van der Waals surface area contributed by atoms with Crippen LogP contribution in [-0.4, -0.2) is 40.3 Å². The lowest BCUT2D eigenvalue weighted by Crippen LogP contribution is -3.15. The summed E-state index contributed by atoms with van der Waals surface area (Å²) in [4.78, 5) is 3.40. The van der Waals surface area contributed by atoms with E-state index < -0.39 is 0 Å². The quantitative estimate of drug-likeness (QED) is 0.761. The van der Waals surface area contributed by atoms with Gasteiger partial charge in [-0.15, -0.1) is 0 Å². The van der Waals surface area contributed by atoms with Crippen LogP contribution in [0.5, 0.6) is 5.75 Å². The van der Waals surface area contributed by atoms with Crippen LogP contribution in [0.4, 0.5) is 0 Å². The first-order chi connectivity index (χ1) is 9.11. The molecule has 1 aliphatic heterocycles. The predicted octanol–water partition coefficient (Wildman–Crippen LogP) is -0.385. The van der Waals surface area contributed by atoms with E-state index in [0.29, 0.717) is 0 Å². The van der Waals surface area contributed by atoms with Gasteiger partial charge < -0.3 is 14.5 Å². The summed E-state index contributed by atoms with van der Waals surface area (Å²) < 4.78 is 5.39. The van der Waals surface area contributed by atoms with Gasteiger partial charge in [-0.1, -0.05) is 0 Å². The zero-order valence-electron chi connectivity index (χ0n) is 12.8. The maximum Gasteiger partial charge on any atom is 0.127 e. The zero-order valence-corrected chi connectivity index (χ0v) is 12.8. The molecule has 106 valence electrons. The Balaban J connectivity index is 2.08. The third kappa shape index (κ3) is 3.48. The average Bonchev–Trinajstić information content (AvgIpc) is 2.60. The van der Waals surface area contributed by atoms with Crippen LogP contribution in [0.2, 0.25) is 0 Å². The molecule has 1 saturated heterocycles. The maximum atomic E-state index is 5.39. The number of quaternary nitrogens is 2. The average molecular weight is 264 g/mol. The van der Waals surface area contributed by atoms with Crippen molar-refractivity contribution in [1.29, 1.82) is 0 Å². The minimum Gasteiger partial charge on any atom is -0.496 e. The van der Waals surface area contributed by atoms with Crippen molar-refractivity contribution in [3.8, 4) is 5.75 Å². The highest BCUT2D eigenvalue weighted by Crippen LogP contribution is 2.23. The van der Waals surface area contributed by atoms with E-state index in [1.54, 1.807) is 16.9 Å². The number of methoxy groups -OCH3 is 1. The summed E-state index contributed by atoms with van der Waals surface area (Å²) >= 11 is 0. The van der Waals surface area contributed by atoms with Crippen molar-refractivity contribution in [2.24, 2.45) is 0 Å². The minimum absolute atomic E-state index is 1.01. The van der Waals surface area contributed by atoms with Gasteiger partial charge in [-0.3, -0.25) is 0 Å². The van der Waals surface area contributed by atoms with Gasteiger partial charge in [0.15, 0.2) is 0 Å². The van der Waals surface area contributed by atoms with E-state index in [9.17, 15) is 0 Å². The van der Waals surface area contributed by atoms with Crippen LogP contribution in [0.3, 0.4) is 0 Å². The summed E-state index contributed by atoms with van der Waals surface area (Å²) in [5, 5.41) is 0. The van der Waals surface area contributed by atoms with Crippen LogP contribution in [0, 0.1) is 13.8 Å². The van der Waals surface area contributed by atoms with E-state index in [-0.39, 0.29) is 0 Å². The van der Waals surface area contributed by atoms with Gasteiger partial charge in [0.05, 0.1) is 27.2 Å². The number of benzene rings is 1. The molecule has 2 atom stereocenters. The Bertz CT molecular complexity index is 431. The molecule has 1 heterocycles. The number of hydrogen-bond donors (Lipinski definition) is 2. The van der Waals surface area contributed by atoms with Gasteiger partial charge in [-0.2, -0.15) is 0 Å². The molecule has 1 aromatic rings. The summed E-state index contributed by atoms with van der Waals surface area (Å²) in [7, 11) is 4.06. The van der Waals surface area contributed by atoms with Crippen molar-refractivity contribution in [2.75, 3.05) is 40.3 Å². The van der Waals surface area contributed by atoms with Gasteiger partial charge in [0.1, 0.15) is 25.4 Å². The topological polar surface area (TPSA) is 18.1 Å². The fraction of sp³-hybridized carbons (Fsp3) is 0.625. The number of hydrogen-bond acceptors (Lipinski definition) is 1. The van der Waals surface area contributed by atoms with Crippen molar-refractivity contribution in [1.82, 2.24) is 0 Å². The fourth-order valence-electron chi connectivity index (χ4n) is 2.99. The normalized spacial score (nSPS) is 24.0. The second-order valence-electron chi connectivity index (χ2n) is 5.91. The van der Waals surface area contributed by atoms with Crippen LogP contribution in [0.15, 0.2) is 12.1 Å². The van der Waals surface area contributed by atoms with Crippen molar-refractivity contribution in [3.05, 3.63) is 28.8 Å². The Morgan fingerprint density at radius 3 is 2.58 bits per heavy atom. The monoisotopic (exact) mass is 264 g/mol.